The summed E-state index contributed by atoms with van der Waals surface area (Å²) in [5.74, 6) is -0.753. The second-order valence-corrected chi connectivity index (χ2v) is 6.07. The van der Waals surface area contributed by atoms with Crippen LogP contribution >= 0.6 is 0 Å². The molecule has 0 radical (unpaired) electrons. The van der Waals surface area contributed by atoms with Crippen LogP contribution in [-0.4, -0.2) is 30.8 Å². The van der Waals surface area contributed by atoms with Crippen molar-refractivity contribution in [3.05, 3.63) is 65.7 Å². The van der Waals surface area contributed by atoms with E-state index in [1.54, 1.807) is 62.4 Å². The van der Waals surface area contributed by atoms with E-state index in [0.717, 1.165) is 0 Å². The number of hydrogen-bond donors (Lipinski definition) is 3. The third-order valence-electron chi connectivity index (χ3n) is 3.69. The molecule has 0 aliphatic heterocycles. The van der Waals surface area contributed by atoms with Crippen LogP contribution in [0.1, 0.15) is 34.6 Å². The number of carbonyl (C=O) groups excluding carboxylic acids is 3. The molecule has 3 amide bonds. The lowest BCUT2D eigenvalue weighted by atomic mass is 10.1. The summed E-state index contributed by atoms with van der Waals surface area (Å²) in [6.45, 7) is 4.26. The van der Waals surface area contributed by atoms with Crippen molar-refractivity contribution in [1.82, 2.24) is 10.6 Å². The third kappa shape index (κ3) is 5.44. The van der Waals surface area contributed by atoms with Crippen LogP contribution < -0.4 is 16.0 Å². The Morgan fingerprint density at radius 3 is 2.12 bits per heavy atom. The summed E-state index contributed by atoms with van der Waals surface area (Å²) in [5, 5.41) is 8.24. The van der Waals surface area contributed by atoms with Crippen LogP contribution in [0.5, 0.6) is 0 Å². The summed E-state index contributed by atoms with van der Waals surface area (Å²) in [6.07, 6.45) is 0. The summed E-state index contributed by atoms with van der Waals surface area (Å²) < 4.78 is 0. The highest BCUT2D eigenvalue weighted by atomic mass is 16.2. The van der Waals surface area contributed by atoms with Crippen molar-refractivity contribution in [2.75, 3.05) is 18.4 Å². The van der Waals surface area contributed by atoms with Gasteiger partial charge in [0, 0.05) is 24.6 Å². The lowest BCUT2D eigenvalue weighted by molar-refractivity contribution is -0.123. The monoisotopic (exact) mass is 353 g/mol. The molecular weight excluding hydrogens is 330 g/mol. The highest BCUT2D eigenvalue weighted by molar-refractivity contribution is 6.08. The van der Waals surface area contributed by atoms with Gasteiger partial charge in [0.2, 0.25) is 5.91 Å². The maximum absolute atomic E-state index is 12.4. The smallest absolute Gasteiger partial charge is 0.255 e. The molecule has 26 heavy (non-hydrogen) atoms. The van der Waals surface area contributed by atoms with Crippen LogP contribution in [0.25, 0.3) is 0 Å². The highest BCUT2D eigenvalue weighted by Crippen LogP contribution is 2.16. The van der Waals surface area contributed by atoms with E-state index < -0.39 is 0 Å². The molecule has 0 saturated carbocycles. The van der Waals surface area contributed by atoms with Crippen molar-refractivity contribution in [1.29, 1.82) is 0 Å². The lowest BCUT2D eigenvalue weighted by Crippen LogP contribution is -2.36. The molecule has 0 aliphatic carbocycles. The predicted octanol–water partition coefficient (Wildman–Crippen LogP) is 2.44. The van der Waals surface area contributed by atoms with Gasteiger partial charge < -0.3 is 16.0 Å². The molecule has 2 aromatic carbocycles. The maximum Gasteiger partial charge on any atom is 0.255 e. The first-order valence-corrected chi connectivity index (χ1v) is 8.50. The van der Waals surface area contributed by atoms with Crippen molar-refractivity contribution in [2.45, 2.75) is 13.8 Å². The topological polar surface area (TPSA) is 87.3 Å². The molecule has 0 bridgehead atoms. The molecule has 0 aliphatic rings. The Morgan fingerprint density at radius 2 is 1.42 bits per heavy atom. The summed E-state index contributed by atoms with van der Waals surface area (Å²) >= 11 is 0. The molecule has 0 heterocycles. The first-order chi connectivity index (χ1) is 12.5. The predicted molar refractivity (Wildman–Crippen MR) is 101 cm³/mol. The number of anilines is 1. The summed E-state index contributed by atoms with van der Waals surface area (Å²) in [5.41, 5.74) is 1.32. The lowest BCUT2D eigenvalue weighted by Gasteiger charge is -2.12. The Morgan fingerprint density at radius 1 is 0.808 bits per heavy atom. The number of rotatable bonds is 7. The fourth-order valence-corrected chi connectivity index (χ4v) is 2.24. The van der Waals surface area contributed by atoms with E-state index in [1.165, 1.54) is 0 Å². The van der Waals surface area contributed by atoms with E-state index in [2.05, 4.69) is 16.0 Å². The van der Waals surface area contributed by atoms with Crippen molar-refractivity contribution in [3.63, 3.8) is 0 Å². The summed E-state index contributed by atoms with van der Waals surface area (Å²) in [7, 11) is 0. The molecule has 3 N–H and O–H groups in total. The molecule has 2 rings (SSSR count). The van der Waals surface area contributed by atoms with Crippen LogP contribution in [0.15, 0.2) is 54.6 Å². The SMILES string of the molecule is CC(C)C(=O)NCCNC(=O)c1ccccc1NC(=O)c1ccccc1. The van der Waals surface area contributed by atoms with Gasteiger partial charge in [-0.1, -0.05) is 44.2 Å². The van der Waals surface area contributed by atoms with E-state index in [1.807, 2.05) is 6.07 Å². The van der Waals surface area contributed by atoms with E-state index in [9.17, 15) is 14.4 Å². The van der Waals surface area contributed by atoms with Gasteiger partial charge in [0.05, 0.1) is 11.3 Å². The van der Waals surface area contributed by atoms with Gasteiger partial charge in [0.25, 0.3) is 11.8 Å². The molecular formula is C20H23N3O3. The molecule has 0 saturated heterocycles. The highest BCUT2D eigenvalue weighted by Gasteiger charge is 2.14. The Balaban J connectivity index is 1.96. The largest absolute Gasteiger partial charge is 0.354 e. The minimum atomic E-state index is -0.312. The zero-order chi connectivity index (χ0) is 18.9. The minimum Gasteiger partial charge on any atom is -0.354 e. The molecule has 0 fully saturated rings. The molecule has 0 atom stereocenters. The van der Waals surface area contributed by atoms with Crippen molar-refractivity contribution in [3.8, 4) is 0 Å². The molecule has 0 spiro atoms. The summed E-state index contributed by atoms with van der Waals surface area (Å²) in [6, 6.07) is 15.6. The van der Waals surface area contributed by atoms with Gasteiger partial charge >= 0.3 is 0 Å². The van der Waals surface area contributed by atoms with Gasteiger partial charge in [-0.15, -0.1) is 0 Å². The quantitative estimate of drug-likeness (QED) is 0.668. The van der Waals surface area contributed by atoms with Gasteiger partial charge in [-0.3, -0.25) is 14.4 Å². The number of hydrogen-bond acceptors (Lipinski definition) is 3. The first-order valence-electron chi connectivity index (χ1n) is 8.50. The first kappa shape index (κ1) is 19.2. The van der Waals surface area contributed by atoms with E-state index in [-0.39, 0.29) is 23.6 Å². The average molecular weight is 353 g/mol. The number of amides is 3. The average Bonchev–Trinajstić information content (AvgIpc) is 2.65. The van der Waals surface area contributed by atoms with Crippen molar-refractivity contribution in [2.24, 2.45) is 5.92 Å². The Kier molecular flexibility index (Phi) is 6.91. The summed E-state index contributed by atoms with van der Waals surface area (Å²) in [4.78, 5) is 36.2. The van der Waals surface area contributed by atoms with Gasteiger partial charge in [0.1, 0.15) is 0 Å². The molecule has 6 heteroatoms. The fraction of sp³-hybridized carbons (Fsp3) is 0.250. The Hall–Kier alpha value is -3.15. The van der Waals surface area contributed by atoms with Crippen LogP contribution in [0.3, 0.4) is 0 Å². The van der Waals surface area contributed by atoms with Crippen molar-refractivity contribution >= 4 is 23.4 Å². The minimum absolute atomic E-state index is 0.0604. The normalized spacial score (nSPS) is 10.3. The maximum atomic E-state index is 12.4. The third-order valence-corrected chi connectivity index (χ3v) is 3.69. The second-order valence-electron chi connectivity index (χ2n) is 6.07. The molecule has 0 unspecified atom stereocenters. The number of para-hydroxylation sites is 1. The van der Waals surface area contributed by atoms with E-state index in [0.29, 0.717) is 29.9 Å². The Bertz CT molecular complexity index is 773. The van der Waals surface area contributed by atoms with E-state index in [4.69, 9.17) is 0 Å². The van der Waals surface area contributed by atoms with Crippen LogP contribution in [0.4, 0.5) is 5.69 Å². The van der Waals surface area contributed by atoms with Gasteiger partial charge in [-0.05, 0) is 24.3 Å². The van der Waals surface area contributed by atoms with Crippen LogP contribution in [0, 0.1) is 5.92 Å². The van der Waals surface area contributed by atoms with Gasteiger partial charge in [0.15, 0.2) is 0 Å². The van der Waals surface area contributed by atoms with Gasteiger partial charge in [-0.2, -0.15) is 0 Å². The van der Waals surface area contributed by atoms with E-state index >= 15 is 0 Å². The van der Waals surface area contributed by atoms with Crippen molar-refractivity contribution < 1.29 is 14.4 Å². The second kappa shape index (κ2) is 9.36. The zero-order valence-corrected chi connectivity index (χ0v) is 14.9. The molecule has 2 aromatic rings. The zero-order valence-electron chi connectivity index (χ0n) is 14.9. The number of benzene rings is 2. The molecule has 6 nitrogen and oxygen atoms in total. The molecule has 0 aromatic heterocycles. The number of nitrogens with one attached hydrogen (secondary N) is 3. The number of carbonyl (C=O) groups is 3. The standard InChI is InChI=1S/C20H23N3O3/c1-14(2)18(24)21-12-13-22-20(26)16-10-6-7-11-17(16)23-19(25)15-8-4-3-5-9-15/h3-11,14H,12-13H2,1-2H3,(H,21,24)(H,22,26)(H,23,25). The fourth-order valence-electron chi connectivity index (χ4n) is 2.24. The Labute approximate surface area is 153 Å². The molecule has 136 valence electrons. The van der Waals surface area contributed by atoms with Gasteiger partial charge in [-0.25, -0.2) is 0 Å². The van der Waals surface area contributed by atoms with Crippen LogP contribution in [0.2, 0.25) is 0 Å². The van der Waals surface area contributed by atoms with Crippen LogP contribution in [-0.2, 0) is 4.79 Å².